The number of rotatable bonds is 3. The second-order valence-corrected chi connectivity index (χ2v) is 8.34. The van der Waals surface area contributed by atoms with Gasteiger partial charge in [-0.25, -0.2) is 8.42 Å². The van der Waals surface area contributed by atoms with Gasteiger partial charge in [0.1, 0.15) is 5.01 Å². The lowest BCUT2D eigenvalue weighted by Gasteiger charge is -2.16. The van der Waals surface area contributed by atoms with Crippen LogP contribution >= 0.6 is 35.2 Å². The summed E-state index contributed by atoms with van der Waals surface area (Å²) in [5, 5.41) is 15.0. The molecule has 2 N–H and O–H groups in total. The molecule has 1 saturated heterocycles. The van der Waals surface area contributed by atoms with Crippen molar-refractivity contribution in [2.45, 2.75) is 24.8 Å². The molecule has 1 aliphatic rings. The topological polar surface area (TPSA) is 84.0 Å². The van der Waals surface area contributed by atoms with Crippen LogP contribution in [0.15, 0.2) is 0 Å². The predicted octanol–water partition coefficient (Wildman–Crippen LogP) is 0.791. The van der Waals surface area contributed by atoms with E-state index in [4.69, 9.17) is 23.8 Å². The highest BCUT2D eigenvalue weighted by atomic mass is 35.5. The number of nitrogens with zero attached hydrogens (tertiary/aromatic N) is 2. The molecule has 1 aromatic rings. The van der Waals surface area contributed by atoms with E-state index in [2.05, 4.69) is 20.8 Å². The number of sulfone groups is 1. The average molecular weight is 341 g/mol. The van der Waals surface area contributed by atoms with Crippen molar-refractivity contribution in [3.8, 4) is 0 Å². The van der Waals surface area contributed by atoms with Gasteiger partial charge in [-0.1, -0.05) is 18.3 Å². The molecule has 0 unspecified atom stereocenters. The molecule has 106 valence electrons. The highest BCUT2D eigenvalue weighted by molar-refractivity contribution is 7.91. The fourth-order valence-corrected chi connectivity index (χ4v) is 5.23. The summed E-state index contributed by atoms with van der Waals surface area (Å²) in [5.41, 5.74) is 0. The Balaban J connectivity index is 1.91. The molecule has 0 spiro atoms. The molecule has 0 aromatic carbocycles. The van der Waals surface area contributed by atoms with Crippen molar-refractivity contribution in [2.24, 2.45) is 0 Å². The first-order valence-corrected chi connectivity index (χ1v) is 9.12. The van der Waals surface area contributed by atoms with Crippen LogP contribution in [0.5, 0.6) is 0 Å². The molecule has 2 heterocycles. The second kappa shape index (κ2) is 5.86. The number of alkyl halides is 1. The highest BCUT2D eigenvalue weighted by Gasteiger charge is 2.36. The quantitative estimate of drug-likeness (QED) is 0.621. The Labute approximate surface area is 125 Å². The Hall–Kier alpha value is -0.510. The van der Waals surface area contributed by atoms with Crippen LogP contribution in [-0.4, -0.2) is 46.7 Å². The van der Waals surface area contributed by atoms with Crippen molar-refractivity contribution in [3.05, 3.63) is 5.01 Å². The number of aromatic nitrogens is 2. The minimum Gasteiger partial charge on any atom is -0.357 e. The van der Waals surface area contributed by atoms with Gasteiger partial charge in [-0.15, -0.1) is 21.8 Å². The SMILES string of the molecule is CCc1nnc(NC(=S)N[C@H]2CS(=O)(=O)C[C@@H]2Cl)s1. The van der Waals surface area contributed by atoms with Gasteiger partial charge >= 0.3 is 0 Å². The van der Waals surface area contributed by atoms with Crippen LogP contribution < -0.4 is 10.6 Å². The van der Waals surface area contributed by atoms with Crippen LogP contribution in [0, 0.1) is 0 Å². The second-order valence-electron chi connectivity index (χ2n) is 4.15. The van der Waals surface area contributed by atoms with Gasteiger partial charge in [0.25, 0.3) is 0 Å². The third-order valence-electron chi connectivity index (χ3n) is 2.59. The van der Waals surface area contributed by atoms with Crippen molar-refractivity contribution in [1.82, 2.24) is 15.5 Å². The molecular weight excluding hydrogens is 328 g/mol. The van der Waals surface area contributed by atoms with E-state index in [-0.39, 0.29) is 17.5 Å². The van der Waals surface area contributed by atoms with Crippen molar-refractivity contribution >= 4 is 55.2 Å². The lowest BCUT2D eigenvalue weighted by atomic mass is 10.3. The third-order valence-corrected chi connectivity index (χ3v) is 6.17. The van der Waals surface area contributed by atoms with E-state index in [1.54, 1.807) is 0 Å². The maximum Gasteiger partial charge on any atom is 0.211 e. The smallest absolute Gasteiger partial charge is 0.211 e. The fraction of sp³-hybridized carbons (Fsp3) is 0.667. The Morgan fingerprint density at radius 1 is 1.53 bits per heavy atom. The van der Waals surface area contributed by atoms with Gasteiger partial charge in [-0.3, -0.25) is 0 Å². The molecule has 0 radical (unpaired) electrons. The summed E-state index contributed by atoms with van der Waals surface area (Å²) in [4.78, 5) is 0. The van der Waals surface area contributed by atoms with E-state index in [0.717, 1.165) is 11.4 Å². The van der Waals surface area contributed by atoms with Gasteiger partial charge in [0, 0.05) is 0 Å². The molecule has 10 heteroatoms. The zero-order valence-corrected chi connectivity index (χ0v) is 13.3. The summed E-state index contributed by atoms with van der Waals surface area (Å²) in [6.07, 6.45) is 0.810. The van der Waals surface area contributed by atoms with Crippen LogP contribution in [0.1, 0.15) is 11.9 Å². The maximum absolute atomic E-state index is 11.4. The zero-order valence-electron chi connectivity index (χ0n) is 10.1. The van der Waals surface area contributed by atoms with Gasteiger partial charge in [0.15, 0.2) is 14.9 Å². The van der Waals surface area contributed by atoms with Crippen molar-refractivity contribution in [1.29, 1.82) is 0 Å². The van der Waals surface area contributed by atoms with Gasteiger partial charge in [0.05, 0.1) is 22.9 Å². The van der Waals surface area contributed by atoms with E-state index < -0.39 is 15.2 Å². The molecule has 2 atom stereocenters. The van der Waals surface area contributed by atoms with Crippen LogP contribution in [0.2, 0.25) is 0 Å². The predicted molar refractivity (Wildman–Crippen MR) is 80.7 cm³/mol. The molecule has 19 heavy (non-hydrogen) atoms. The first-order valence-electron chi connectivity index (χ1n) is 5.64. The lowest BCUT2D eigenvalue weighted by molar-refractivity contribution is 0.600. The lowest BCUT2D eigenvalue weighted by Crippen LogP contribution is -2.42. The van der Waals surface area contributed by atoms with E-state index in [0.29, 0.717) is 10.2 Å². The largest absolute Gasteiger partial charge is 0.357 e. The summed E-state index contributed by atoms with van der Waals surface area (Å²) >= 11 is 12.5. The van der Waals surface area contributed by atoms with Crippen molar-refractivity contribution in [3.63, 3.8) is 0 Å². The van der Waals surface area contributed by atoms with Gasteiger partial charge in [0.2, 0.25) is 5.13 Å². The third kappa shape index (κ3) is 3.98. The monoisotopic (exact) mass is 340 g/mol. The molecule has 2 rings (SSSR count). The van der Waals surface area contributed by atoms with E-state index in [9.17, 15) is 8.42 Å². The highest BCUT2D eigenvalue weighted by Crippen LogP contribution is 2.19. The normalized spacial score (nSPS) is 25.2. The zero-order chi connectivity index (χ0) is 14.0. The molecule has 1 aliphatic heterocycles. The van der Waals surface area contributed by atoms with Crippen LogP contribution in [0.4, 0.5) is 5.13 Å². The fourth-order valence-electron chi connectivity index (χ4n) is 1.69. The molecule has 0 bridgehead atoms. The molecule has 1 fully saturated rings. The van der Waals surface area contributed by atoms with Crippen LogP contribution in [0.3, 0.4) is 0 Å². The molecule has 0 aliphatic carbocycles. The van der Waals surface area contributed by atoms with Crippen molar-refractivity contribution in [2.75, 3.05) is 16.8 Å². The molecule has 0 saturated carbocycles. The number of aryl methyl sites for hydroxylation is 1. The van der Waals surface area contributed by atoms with Crippen LogP contribution in [-0.2, 0) is 16.3 Å². The average Bonchev–Trinajstić information content (AvgIpc) is 2.83. The summed E-state index contributed by atoms with van der Waals surface area (Å²) in [5.74, 6) is -0.0209. The Bertz CT molecular complexity index is 574. The van der Waals surface area contributed by atoms with E-state index >= 15 is 0 Å². The Morgan fingerprint density at radius 3 is 2.79 bits per heavy atom. The molecule has 0 amide bonds. The molecule has 1 aromatic heterocycles. The Morgan fingerprint density at radius 2 is 2.26 bits per heavy atom. The Kier molecular flexibility index (Phi) is 4.59. The number of halogens is 1. The van der Waals surface area contributed by atoms with Gasteiger partial charge in [-0.2, -0.15) is 0 Å². The first kappa shape index (κ1) is 14.9. The minimum atomic E-state index is -3.07. The first-order chi connectivity index (χ1) is 8.89. The molecule has 6 nitrogen and oxygen atoms in total. The number of nitrogens with one attached hydrogen (secondary N) is 2. The summed E-state index contributed by atoms with van der Waals surface area (Å²) in [6.45, 7) is 1.99. The number of hydrogen-bond donors (Lipinski definition) is 2. The van der Waals surface area contributed by atoms with Crippen molar-refractivity contribution < 1.29 is 8.42 Å². The summed E-state index contributed by atoms with van der Waals surface area (Å²) in [6, 6.07) is -0.370. The summed E-state index contributed by atoms with van der Waals surface area (Å²) in [7, 11) is -3.07. The number of hydrogen-bond acceptors (Lipinski definition) is 6. The standard InChI is InChI=1S/C9H13ClN4O2S3/c1-2-7-13-14-9(18-7)12-8(17)11-6-4-19(15,16)3-5(6)10/h5-6H,2-4H2,1H3,(H2,11,12,14,17)/t5-,6-/m0/s1. The number of thiocarbonyl (C=S) groups is 1. The van der Waals surface area contributed by atoms with Crippen LogP contribution in [0.25, 0.3) is 0 Å². The minimum absolute atomic E-state index is 0.000679. The van der Waals surface area contributed by atoms with Gasteiger partial charge in [-0.05, 0) is 18.6 Å². The van der Waals surface area contributed by atoms with E-state index in [1.807, 2.05) is 6.92 Å². The maximum atomic E-state index is 11.4. The van der Waals surface area contributed by atoms with E-state index in [1.165, 1.54) is 11.3 Å². The molecular formula is C9H13ClN4O2S3. The summed E-state index contributed by atoms with van der Waals surface area (Å²) < 4.78 is 22.8. The van der Waals surface area contributed by atoms with Gasteiger partial charge < -0.3 is 10.6 Å². The number of anilines is 1.